The van der Waals surface area contributed by atoms with Crippen LogP contribution in [0.5, 0.6) is 0 Å². The number of rotatable bonds is 5. The van der Waals surface area contributed by atoms with Gasteiger partial charge in [0.1, 0.15) is 0 Å². The average molecular weight is 362 g/mol. The quantitative estimate of drug-likeness (QED) is 0.674. The number of nitrogens with zero attached hydrogens (tertiary/aromatic N) is 2. The average Bonchev–Trinajstić information content (AvgIpc) is 2.70. The highest BCUT2D eigenvalue weighted by atomic mass is 16.5. The lowest BCUT2D eigenvalue weighted by atomic mass is 10.2. The Labute approximate surface area is 156 Å². The fraction of sp³-hybridized carbons (Fsp3) is 0.100. The minimum absolute atomic E-state index is 0.263. The summed E-state index contributed by atoms with van der Waals surface area (Å²) in [6.45, 7) is 1.91. The van der Waals surface area contributed by atoms with Gasteiger partial charge in [-0.15, -0.1) is 0 Å². The lowest BCUT2D eigenvalue weighted by molar-refractivity contribution is 0.0601. The molecule has 0 atom stereocenters. The molecule has 1 aromatic heterocycles. The number of hydrogen-bond acceptors (Lipinski definition) is 6. The van der Waals surface area contributed by atoms with Crippen LogP contribution in [0.3, 0.4) is 0 Å². The number of carbonyl (C=O) groups is 2. The third kappa shape index (κ3) is 4.27. The van der Waals surface area contributed by atoms with Crippen molar-refractivity contribution in [1.29, 1.82) is 0 Å². The first kappa shape index (κ1) is 18.1. The third-order valence-corrected chi connectivity index (χ3v) is 3.89. The normalized spacial score (nSPS) is 10.1. The van der Waals surface area contributed by atoms with Crippen LogP contribution in [0.2, 0.25) is 0 Å². The first-order chi connectivity index (χ1) is 13.1. The van der Waals surface area contributed by atoms with E-state index in [0.29, 0.717) is 16.8 Å². The summed E-state index contributed by atoms with van der Waals surface area (Å²) >= 11 is 0. The number of nitrogens with one attached hydrogen (secondary N) is 2. The molecule has 27 heavy (non-hydrogen) atoms. The highest BCUT2D eigenvalue weighted by Gasteiger charge is 2.13. The standard InChI is InChI=1S/C20H18N4O3/c1-13-7-3-5-9-16(13)23-18(25)14-11-21-20(22-12-14)24-17-10-6-4-8-15(17)19(26)27-2/h3-12H,1-2H3,(H,23,25)(H,21,22,24). The molecule has 3 aromatic rings. The van der Waals surface area contributed by atoms with Crippen LogP contribution in [0.15, 0.2) is 60.9 Å². The van der Waals surface area contributed by atoms with E-state index in [1.54, 1.807) is 24.3 Å². The molecule has 1 heterocycles. The van der Waals surface area contributed by atoms with Crippen LogP contribution in [0.1, 0.15) is 26.3 Å². The van der Waals surface area contributed by atoms with Crippen molar-refractivity contribution in [3.8, 4) is 0 Å². The SMILES string of the molecule is COC(=O)c1ccccc1Nc1ncc(C(=O)Nc2ccccc2C)cn1. The topological polar surface area (TPSA) is 93.2 Å². The molecule has 136 valence electrons. The number of para-hydroxylation sites is 2. The van der Waals surface area contributed by atoms with Gasteiger partial charge in [0.25, 0.3) is 5.91 Å². The van der Waals surface area contributed by atoms with Crippen LogP contribution in [0.4, 0.5) is 17.3 Å². The number of hydrogen-bond donors (Lipinski definition) is 2. The van der Waals surface area contributed by atoms with Gasteiger partial charge in [0, 0.05) is 18.1 Å². The van der Waals surface area contributed by atoms with Gasteiger partial charge in [0.2, 0.25) is 5.95 Å². The van der Waals surface area contributed by atoms with E-state index in [1.807, 2.05) is 31.2 Å². The van der Waals surface area contributed by atoms with Gasteiger partial charge < -0.3 is 15.4 Å². The van der Waals surface area contributed by atoms with Crippen LogP contribution in [-0.2, 0) is 4.74 Å². The van der Waals surface area contributed by atoms with Crippen LogP contribution < -0.4 is 10.6 Å². The molecule has 0 aliphatic heterocycles. The number of carbonyl (C=O) groups excluding carboxylic acids is 2. The summed E-state index contributed by atoms with van der Waals surface area (Å²) in [7, 11) is 1.32. The van der Waals surface area contributed by atoms with E-state index < -0.39 is 5.97 Å². The van der Waals surface area contributed by atoms with Gasteiger partial charge in [-0.2, -0.15) is 0 Å². The molecule has 7 nitrogen and oxygen atoms in total. The van der Waals surface area contributed by atoms with Gasteiger partial charge in [-0.05, 0) is 30.7 Å². The Morgan fingerprint density at radius 1 is 0.926 bits per heavy atom. The molecule has 0 bridgehead atoms. The predicted molar refractivity (Wildman–Crippen MR) is 102 cm³/mol. The summed E-state index contributed by atoms with van der Waals surface area (Å²) in [5.41, 5.74) is 2.90. The minimum Gasteiger partial charge on any atom is -0.465 e. The molecule has 3 rings (SSSR count). The maximum Gasteiger partial charge on any atom is 0.339 e. The van der Waals surface area contributed by atoms with Crippen molar-refractivity contribution in [2.24, 2.45) is 0 Å². The smallest absolute Gasteiger partial charge is 0.339 e. The van der Waals surface area contributed by atoms with Crippen molar-refractivity contribution in [2.75, 3.05) is 17.7 Å². The van der Waals surface area contributed by atoms with E-state index in [2.05, 4.69) is 20.6 Å². The summed E-state index contributed by atoms with van der Waals surface area (Å²) in [6.07, 6.45) is 2.84. The van der Waals surface area contributed by atoms with Gasteiger partial charge >= 0.3 is 5.97 Å². The van der Waals surface area contributed by atoms with E-state index in [1.165, 1.54) is 19.5 Å². The number of amides is 1. The van der Waals surface area contributed by atoms with Crippen LogP contribution in [-0.4, -0.2) is 29.0 Å². The number of aromatic nitrogens is 2. The minimum atomic E-state index is -0.465. The second kappa shape index (κ2) is 8.09. The highest BCUT2D eigenvalue weighted by Crippen LogP contribution is 2.19. The zero-order chi connectivity index (χ0) is 19.2. The van der Waals surface area contributed by atoms with Crippen molar-refractivity contribution in [3.63, 3.8) is 0 Å². The Bertz CT molecular complexity index is 971. The summed E-state index contributed by atoms with van der Waals surface area (Å²) in [4.78, 5) is 32.5. The zero-order valence-electron chi connectivity index (χ0n) is 14.9. The summed E-state index contributed by atoms with van der Waals surface area (Å²) < 4.78 is 4.76. The number of aryl methyl sites for hydroxylation is 1. The van der Waals surface area contributed by atoms with Gasteiger partial charge in [0.05, 0.1) is 23.9 Å². The van der Waals surface area contributed by atoms with Crippen molar-refractivity contribution in [2.45, 2.75) is 6.92 Å². The van der Waals surface area contributed by atoms with Crippen molar-refractivity contribution in [3.05, 3.63) is 77.6 Å². The lowest BCUT2D eigenvalue weighted by Crippen LogP contribution is -2.14. The Morgan fingerprint density at radius 3 is 2.22 bits per heavy atom. The molecule has 0 saturated heterocycles. The number of ether oxygens (including phenoxy) is 1. The maximum atomic E-state index is 12.3. The van der Waals surface area contributed by atoms with Crippen LogP contribution in [0, 0.1) is 6.92 Å². The summed E-state index contributed by atoms with van der Waals surface area (Å²) in [5, 5.41) is 5.78. The molecule has 0 unspecified atom stereocenters. The Balaban J connectivity index is 1.74. The second-order valence-electron chi connectivity index (χ2n) is 5.73. The van der Waals surface area contributed by atoms with Crippen LogP contribution >= 0.6 is 0 Å². The molecule has 0 fully saturated rings. The zero-order valence-corrected chi connectivity index (χ0v) is 14.9. The Kier molecular flexibility index (Phi) is 5.41. The fourth-order valence-electron chi connectivity index (χ4n) is 2.42. The van der Waals surface area contributed by atoms with E-state index in [4.69, 9.17) is 4.74 Å². The van der Waals surface area contributed by atoms with E-state index in [0.717, 1.165) is 11.3 Å². The van der Waals surface area contributed by atoms with E-state index in [-0.39, 0.29) is 11.9 Å². The fourth-order valence-corrected chi connectivity index (χ4v) is 2.42. The first-order valence-corrected chi connectivity index (χ1v) is 8.22. The van der Waals surface area contributed by atoms with E-state index in [9.17, 15) is 9.59 Å². The molecule has 2 aromatic carbocycles. The summed E-state index contributed by atoms with van der Waals surface area (Å²) in [6, 6.07) is 14.4. The molecule has 7 heteroatoms. The monoisotopic (exact) mass is 362 g/mol. The van der Waals surface area contributed by atoms with Gasteiger partial charge in [-0.25, -0.2) is 14.8 Å². The molecular formula is C20H18N4O3. The molecule has 0 saturated carbocycles. The number of benzene rings is 2. The molecular weight excluding hydrogens is 344 g/mol. The predicted octanol–water partition coefficient (Wildman–Crippen LogP) is 3.57. The van der Waals surface area contributed by atoms with Gasteiger partial charge in [-0.3, -0.25) is 4.79 Å². The lowest BCUT2D eigenvalue weighted by Gasteiger charge is -2.10. The summed E-state index contributed by atoms with van der Waals surface area (Å²) in [5.74, 6) is -0.503. The maximum absolute atomic E-state index is 12.3. The molecule has 0 aliphatic rings. The van der Waals surface area contributed by atoms with Gasteiger partial charge in [0.15, 0.2) is 0 Å². The molecule has 0 radical (unpaired) electrons. The molecule has 0 spiro atoms. The molecule has 2 N–H and O–H groups in total. The van der Waals surface area contributed by atoms with Crippen molar-refractivity contribution in [1.82, 2.24) is 9.97 Å². The Hall–Kier alpha value is -3.74. The highest BCUT2D eigenvalue weighted by molar-refractivity contribution is 6.04. The third-order valence-electron chi connectivity index (χ3n) is 3.89. The van der Waals surface area contributed by atoms with Crippen molar-refractivity contribution < 1.29 is 14.3 Å². The van der Waals surface area contributed by atoms with Crippen LogP contribution in [0.25, 0.3) is 0 Å². The second-order valence-corrected chi connectivity index (χ2v) is 5.73. The van der Waals surface area contributed by atoms with Gasteiger partial charge in [-0.1, -0.05) is 30.3 Å². The number of esters is 1. The Morgan fingerprint density at radius 2 is 1.56 bits per heavy atom. The largest absolute Gasteiger partial charge is 0.465 e. The first-order valence-electron chi connectivity index (χ1n) is 8.22. The number of anilines is 3. The molecule has 1 amide bonds. The number of methoxy groups -OCH3 is 1. The molecule has 0 aliphatic carbocycles. The van der Waals surface area contributed by atoms with Crippen molar-refractivity contribution >= 4 is 29.2 Å². The van der Waals surface area contributed by atoms with E-state index >= 15 is 0 Å².